The predicted molar refractivity (Wildman–Crippen MR) is 78.6 cm³/mol. The maximum absolute atomic E-state index is 5.80. The standard InChI is InChI=1S/C15H19N3O2/c1-4-8-16-14-11(2)15(18-10-17-14)20-13-7-5-6-12(9-13)19-3/h5-7,9-10H,4,8H2,1-3H3,(H,16,17,18). The summed E-state index contributed by atoms with van der Waals surface area (Å²) in [7, 11) is 1.63. The van der Waals surface area contributed by atoms with E-state index in [-0.39, 0.29) is 0 Å². The highest BCUT2D eigenvalue weighted by molar-refractivity contribution is 5.49. The lowest BCUT2D eigenvalue weighted by atomic mass is 10.3. The molecule has 0 aliphatic heterocycles. The minimum atomic E-state index is 0.548. The molecule has 1 aromatic heterocycles. The number of hydrogen-bond acceptors (Lipinski definition) is 5. The van der Waals surface area contributed by atoms with Crippen LogP contribution < -0.4 is 14.8 Å². The molecule has 2 aromatic rings. The topological polar surface area (TPSA) is 56.3 Å². The van der Waals surface area contributed by atoms with E-state index < -0.39 is 0 Å². The van der Waals surface area contributed by atoms with Crippen molar-refractivity contribution in [1.82, 2.24) is 9.97 Å². The van der Waals surface area contributed by atoms with Gasteiger partial charge < -0.3 is 14.8 Å². The van der Waals surface area contributed by atoms with Gasteiger partial charge in [-0.15, -0.1) is 0 Å². The Kier molecular flexibility index (Phi) is 4.76. The lowest BCUT2D eigenvalue weighted by Gasteiger charge is -2.12. The molecule has 0 aliphatic rings. The molecule has 1 heterocycles. The molecule has 0 amide bonds. The van der Waals surface area contributed by atoms with E-state index in [1.807, 2.05) is 31.2 Å². The van der Waals surface area contributed by atoms with Gasteiger partial charge in [0.1, 0.15) is 23.6 Å². The highest BCUT2D eigenvalue weighted by Crippen LogP contribution is 2.28. The lowest BCUT2D eigenvalue weighted by Crippen LogP contribution is -2.05. The zero-order chi connectivity index (χ0) is 14.4. The van der Waals surface area contributed by atoms with Crippen LogP contribution in [-0.2, 0) is 0 Å². The molecule has 20 heavy (non-hydrogen) atoms. The molecular formula is C15H19N3O2. The van der Waals surface area contributed by atoms with E-state index in [1.165, 1.54) is 6.33 Å². The van der Waals surface area contributed by atoms with Crippen LogP contribution in [0.3, 0.4) is 0 Å². The Morgan fingerprint density at radius 2 is 2.00 bits per heavy atom. The van der Waals surface area contributed by atoms with E-state index in [4.69, 9.17) is 9.47 Å². The van der Waals surface area contributed by atoms with E-state index in [0.717, 1.165) is 30.1 Å². The van der Waals surface area contributed by atoms with Crippen molar-refractivity contribution in [1.29, 1.82) is 0 Å². The Morgan fingerprint density at radius 1 is 1.20 bits per heavy atom. The molecule has 1 N–H and O–H groups in total. The Morgan fingerprint density at radius 3 is 2.75 bits per heavy atom. The van der Waals surface area contributed by atoms with E-state index in [9.17, 15) is 0 Å². The van der Waals surface area contributed by atoms with E-state index >= 15 is 0 Å². The highest BCUT2D eigenvalue weighted by atomic mass is 16.5. The number of benzene rings is 1. The van der Waals surface area contributed by atoms with Crippen LogP contribution in [0.4, 0.5) is 5.82 Å². The minimum absolute atomic E-state index is 0.548. The fourth-order valence-electron chi connectivity index (χ4n) is 1.73. The number of aromatic nitrogens is 2. The number of anilines is 1. The van der Waals surface area contributed by atoms with Crippen LogP contribution in [0, 0.1) is 6.92 Å². The molecular weight excluding hydrogens is 254 g/mol. The summed E-state index contributed by atoms with van der Waals surface area (Å²) >= 11 is 0. The number of methoxy groups -OCH3 is 1. The van der Waals surface area contributed by atoms with Crippen LogP contribution in [0.2, 0.25) is 0 Å². The highest BCUT2D eigenvalue weighted by Gasteiger charge is 2.09. The van der Waals surface area contributed by atoms with Crippen LogP contribution in [0.1, 0.15) is 18.9 Å². The van der Waals surface area contributed by atoms with Gasteiger partial charge in [-0.1, -0.05) is 13.0 Å². The molecule has 5 nitrogen and oxygen atoms in total. The SMILES string of the molecule is CCCNc1ncnc(Oc2cccc(OC)c2)c1C. The van der Waals surface area contributed by atoms with Gasteiger partial charge in [-0.2, -0.15) is 0 Å². The van der Waals surface area contributed by atoms with Crippen LogP contribution in [0.25, 0.3) is 0 Å². The summed E-state index contributed by atoms with van der Waals surface area (Å²) in [5.41, 5.74) is 0.892. The average Bonchev–Trinajstić information content (AvgIpc) is 2.48. The smallest absolute Gasteiger partial charge is 0.227 e. The molecule has 0 bridgehead atoms. The maximum atomic E-state index is 5.80. The summed E-state index contributed by atoms with van der Waals surface area (Å²) in [5, 5.41) is 3.26. The van der Waals surface area contributed by atoms with Gasteiger partial charge in [-0.25, -0.2) is 9.97 Å². The predicted octanol–water partition coefficient (Wildman–Crippen LogP) is 3.41. The Bertz CT molecular complexity index is 573. The first-order valence-electron chi connectivity index (χ1n) is 6.62. The van der Waals surface area contributed by atoms with Crippen molar-refractivity contribution in [3.05, 3.63) is 36.2 Å². The normalized spacial score (nSPS) is 10.2. The van der Waals surface area contributed by atoms with Crippen molar-refractivity contribution >= 4 is 5.82 Å². The summed E-state index contributed by atoms with van der Waals surface area (Å²) in [6.45, 7) is 4.92. The fourth-order valence-corrected chi connectivity index (χ4v) is 1.73. The third-order valence-electron chi connectivity index (χ3n) is 2.84. The Hall–Kier alpha value is -2.30. The fraction of sp³-hybridized carbons (Fsp3) is 0.333. The third-order valence-corrected chi connectivity index (χ3v) is 2.84. The lowest BCUT2D eigenvalue weighted by molar-refractivity contribution is 0.407. The van der Waals surface area contributed by atoms with Gasteiger partial charge in [0.05, 0.1) is 12.7 Å². The van der Waals surface area contributed by atoms with Gasteiger partial charge in [0, 0.05) is 12.6 Å². The molecule has 0 spiro atoms. The summed E-state index contributed by atoms with van der Waals surface area (Å²) in [5.74, 6) is 2.79. The van der Waals surface area contributed by atoms with Gasteiger partial charge in [-0.3, -0.25) is 0 Å². The molecule has 0 saturated heterocycles. The maximum Gasteiger partial charge on any atom is 0.227 e. The van der Waals surface area contributed by atoms with Crippen molar-refractivity contribution in [2.24, 2.45) is 0 Å². The molecule has 0 fully saturated rings. The van der Waals surface area contributed by atoms with Gasteiger partial charge in [-0.05, 0) is 25.5 Å². The summed E-state index contributed by atoms with van der Waals surface area (Å²) in [6.07, 6.45) is 2.54. The molecule has 0 aliphatic carbocycles. The van der Waals surface area contributed by atoms with Gasteiger partial charge in [0.15, 0.2) is 0 Å². The number of rotatable bonds is 6. The second-order valence-corrected chi connectivity index (χ2v) is 4.36. The first-order valence-corrected chi connectivity index (χ1v) is 6.62. The Balaban J connectivity index is 2.20. The zero-order valence-corrected chi connectivity index (χ0v) is 12.0. The van der Waals surface area contributed by atoms with Crippen LogP contribution in [-0.4, -0.2) is 23.6 Å². The minimum Gasteiger partial charge on any atom is -0.497 e. The number of nitrogens with one attached hydrogen (secondary N) is 1. The number of hydrogen-bond donors (Lipinski definition) is 1. The molecule has 1 aromatic carbocycles. The van der Waals surface area contributed by atoms with Crippen LogP contribution in [0.15, 0.2) is 30.6 Å². The molecule has 2 rings (SSSR count). The van der Waals surface area contributed by atoms with Gasteiger partial charge in [0.2, 0.25) is 5.88 Å². The first kappa shape index (κ1) is 14.1. The number of nitrogens with zero attached hydrogens (tertiary/aromatic N) is 2. The van der Waals surface area contributed by atoms with Crippen molar-refractivity contribution in [3.63, 3.8) is 0 Å². The van der Waals surface area contributed by atoms with E-state index in [2.05, 4.69) is 22.2 Å². The average molecular weight is 273 g/mol. The zero-order valence-electron chi connectivity index (χ0n) is 12.0. The van der Waals surface area contributed by atoms with Crippen molar-refractivity contribution < 1.29 is 9.47 Å². The first-order chi connectivity index (χ1) is 9.74. The molecule has 0 saturated carbocycles. The van der Waals surface area contributed by atoms with E-state index in [1.54, 1.807) is 7.11 Å². The summed E-state index contributed by atoms with van der Waals surface area (Å²) in [6, 6.07) is 7.43. The largest absolute Gasteiger partial charge is 0.497 e. The monoisotopic (exact) mass is 273 g/mol. The van der Waals surface area contributed by atoms with Gasteiger partial charge in [0.25, 0.3) is 0 Å². The molecule has 106 valence electrons. The van der Waals surface area contributed by atoms with Crippen molar-refractivity contribution in [3.8, 4) is 17.4 Å². The van der Waals surface area contributed by atoms with E-state index in [0.29, 0.717) is 11.6 Å². The molecule has 0 atom stereocenters. The summed E-state index contributed by atoms with van der Waals surface area (Å²) < 4.78 is 11.0. The van der Waals surface area contributed by atoms with Crippen molar-refractivity contribution in [2.45, 2.75) is 20.3 Å². The second kappa shape index (κ2) is 6.75. The number of ether oxygens (including phenoxy) is 2. The second-order valence-electron chi connectivity index (χ2n) is 4.36. The summed E-state index contributed by atoms with van der Waals surface area (Å²) in [4.78, 5) is 8.41. The van der Waals surface area contributed by atoms with Crippen LogP contribution >= 0.6 is 0 Å². The van der Waals surface area contributed by atoms with Crippen molar-refractivity contribution in [2.75, 3.05) is 19.0 Å². The van der Waals surface area contributed by atoms with Crippen LogP contribution in [0.5, 0.6) is 17.4 Å². The van der Waals surface area contributed by atoms with Gasteiger partial charge >= 0.3 is 0 Å². The third kappa shape index (κ3) is 3.38. The Labute approximate surface area is 119 Å². The molecule has 0 radical (unpaired) electrons. The molecule has 5 heteroatoms. The quantitative estimate of drug-likeness (QED) is 0.874. The molecule has 0 unspecified atom stereocenters.